The average molecular weight is 422 g/mol. The molecule has 0 saturated carbocycles. The molecule has 2 rings (SSSR count). The fourth-order valence-corrected chi connectivity index (χ4v) is 4.29. The first-order valence-corrected chi connectivity index (χ1v) is 11.5. The van der Waals surface area contributed by atoms with Crippen molar-refractivity contribution in [3.8, 4) is 0 Å². The van der Waals surface area contributed by atoms with Crippen LogP contribution in [0.15, 0.2) is 64.4 Å². The molecule has 0 fully saturated rings. The Labute approximate surface area is 169 Å². The lowest BCUT2D eigenvalue weighted by molar-refractivity contribution is -0.124. The van der Waals surface area contributed by atoms with Gasteiger partial charge in [0.25, 0.3) is 5.91 Å². The zero-order chi connectivity index (χ0) is 20.4. The van der Waals surface area contributed by atoms with Gasteiger partial charge in [-0.3, -0.25) is 4.79 Å². The van der Waals surface area contributed by atoms with E-state index in [2.05, 4.69) is 5.32 Å². The lowest BCUT2D eigenvalue weighted by atomic mass is 10.2. The Bertz CT molecular complexity index is 898. The Morgan fingerprint density at radius 3 is 2.43 bits per heavy atom. The van der Waals surface area contributed by atoms with E-state index in [9.17, 15) is 18.0 Å². The summed E-state index contributed by atoms with van der Waals surface area (Å²) in [6.45, 7) is 1.52. The molecule has 0 aliphatic carbocycles. The van der Waals surface area contributed by atoms with E-state index in [1.807, 2.05) is 30.3 Å². The first-order chi connectivity index (χ1) is 13.4. The van der Waals surface area contributed by atoms with Crippen LogP contribution in [0.3, 0.4) is 0 Å². The molecule has 1 amide bonds. The number of benzene rings is 2. The molecule has 0 unspecified atom stereocenters. The zero-order valence-electron chi connectivity index (χ0n) is 15.6. The molecule has 8 heteroatoms. The maximum absolute atomic E-state index is 12.2. The van der Waals surface area contributed by atoms with Gasteiger partial charge in [0.05, 0.1) is 16.2 Å². The monoisotopic (exact) mass is 421 g/mol. The van der Waals surface area contributed by atoms with E-state index in [-0.39, 0.29) is 16.2 Å². The van der Waals surface area contributed by atoms with E-state index in [1.54, 1.807) is 23.9 Å². The molecule has 6 nitrogen and oxygen atoms in total. The second kappa shape index (κ2) is 10.9. The highest BCUT2D eigenvalue weighted by molar-refractivity contribution is 7.99. The van der Waals surface area contributed by atoms with E-state index in [1.165, 1.54) is 24.0 Å². The first kappa shape index (κ1) is 22.0. The van der Waals surface area contributed by atoms with Crippen molar-refractivity contribution in [3.05, 3.63) is 60.2 Å². The number of carbonyl (C=O) groups excluding carboxylic acids is 2. The van der Waals surface area contributed by atoms with Crippen molar-refractivity contribution < 1.29 is 22.7 Å². The number of sulfone groups is 1. The summed E-state index contributed by atoms with van der Waals surface area (Å²) in [7, 11) is -3.56. The fraction of sp³-hybridized carbons (Fsp3) is 0.300. The molecule has 0 saturated heterocycles. The lowest BCUT2D eigenvalue weighted by Crippen LogP contribution is -2.30. The average Bonchev–Trinajstić information content (AvgIpc) is 2.72. The third-order valence-electron chi connectivity index (χ3n) is 3.81. The first-order valence-electron chi connectivity index (χ1n) is 8.87. The van der Waals surface area contributed by atoms with Crippen molar-refractivity contribution in [2.45, 2.75) is 23.1 Å². The number of nitrogens with one attached hydrogen (secondary N) is 1. The van der Waals surface area contributed by atoms with Crippen molar-refractivity contribution in [2.75, 3.05) is 24.7 Å². The molecule has 0 spiro atoms. The van der Waals surface area contributed by atoms with Gasteiger partial charge in [0, 0.05) is 11.4 Å². The van der Waals surface area contributed by atoms with Gasteiger partial charge in [0.1, 0.15) is 0 Å². The van der Waals surface area contributed by atoms with Gasteiger partial charge < -0.3 is 10.1 Å². The highest BCUT2D eigenvalue weighted by atomic mass is 32.2. The molecular weight excluding hydrogens is 398 g/mol. The number of hydrogen-bond acceptors (Lipinski definition) is 6. The van der Waals surface area contributed by atoms with Crippen LogP contribution in [-0.4, -0.2) is 45.0 Å². The number of ether oxygens (including phenoxy) is 1. The minimum Gasteiger partial charge on any atom is -0.452 e. The predicted octanol–water partition coefficient (Wildman–Crippen LogP) is 2.94. The molecule has 0 bridgehead atoms. The SMILES string of the molecule is CCS(=O)(=O)c1ccccc1C(=O)OCC(=O)NCCCSc1ccccc1. The van der Waals surface area contributed by atoms with Crippen LogP contribution in [0.4, 0.5) is 0 Å². The molecule has 0 radical (unpaired) electrons. The van der Waals surface area contributed by atoms with Crippen LogP contribution in [0.25, 0.3) is 0 Å². The predicted molar refractivity (Wildman–Crippen MR) is 109 cm³/mol. The van der Waals surface area contributed by atoms with Crippen molar-refractivity contribution >= 4 is 33.5 Å². The number of thioether (sulfide) groups is 1. The van der Waals surface area contributed by atoms with Crippen molar-refractivity contribution in [1.29, 1.82) is 0 Å². The van der Waals surface area contributed by atoms with Gasteiger partial charge in [0.15, 0.2) is 16.4 Å². The number of amides is 1. The minimum atomic E-state index is -3.56. The molecule has 0 aliphatic heterocycles. The molecule has 0 aliphatic rings. The summed E-state index contributed by atoms with van der Waals surface area (Å²) in [5.74, 6) is -0.526. The summed E-state index contributed by atoms with van der Waals surface area (Å²) in [6.07, 6.45) is 0.775. The smallest absolute Gasteiger partial charge is 0.339 e. The highest BCUT2D eigenvalue weighted by Gasteiger charge is 2.22. The van der Waals surface area contributed by atoms with Crippen LogP contribution < -0.4 is 5.32 Å². The van der Waals surface area contributed by atoms with Crippen LogP contribution in [0.2, 0.25) is 0 Å². The molecular formula is C20H23NO5S2. The Morgan fingerprint density at radius 1 is 1.04 bits per heavy atom. The van der Waals surface area contributed by atoms with Crippen LogP contribution in [0.1, 0.15) is 23.7 Å². The van der Waals surface area contributed by atoms with Crippen LogP contribution in [0.5, 0.6) is 0 Å². The summed E-state index contributed by atoms with van der Waals surface area (Å²) in [4.78, 5) is 25.1. The maximum Gasteiger partial charge on any atom is 0.339 e. The zero-order valence-corrected chi connectivity index (χ0v) is 17.2. The summed E-state index contributed by atoms with van der Waals surface area (Å²) in [5, 5.41) is 2.68. The van der Waals surface area contributed by atoms with E-state index in [4.69, 9.17) is 4.74 Å². The van der Waals surface area contributed by atoms with Crippen LogP contribution in [0, 0.1) is 0 Å². The molecule has 0 aromatic heterocycles. The van der Waals surface area contributed by atoms with Crippen LogP contribution >= 0.6 is 11.8 Å². The van der Waals surface area contributed by atoms with E-state index < -0.39 is 28.3 Å². The third-order valence-corrected chi connectivity index (χ3v) is 6.70. The summed E-state index contributed by atoms with van der Waals surface area (Å²) in [5.41, 5.74) is -0.0589. The Balaban J connectivity index is 1.75. The van der Waals surface area contributed by atoms with Gasteiger partial charge >= 0.3 is 5.97 Å². The summed E-state index contributed by atoms with van der Waals surface area (Å²) in [6, 6.07) is 15.8. The summed E-state index contributed by atoms with van der Waals surface area (Å²) < 4.78 is 29.1. The number of carbonyl (C=O) groups is 2. The molecule has 28 heavy (non-hydrogen) atoms. The summed E-state index contributed by atoms with van der Waals surface area (Å²) >= 11 is 1.70. The van der Waals surface area contributed by atoms with Gasteiger partial charge in [0.2, 0.25) is 0 Å². The topological polar surface area (TPSA) is 89.5 Å². The van der Waals surface area contributed by atoms with Crippen LogP contribution in [-0.2, 0) is 19.4 Å². The van der Waals surface area contributed by atoms with E-state index >= 15 is 0 Å². The quantitative estimate of drug-likeness (QED) is 0.360. The molecule has 0 heterocycles. The number of esters is 1. The van der Waals surface area contributed by atoms with Crippen molar-refractivity contribution in [2.24, 2.45) is 0 Å². The second-order valence-corrected chi connectivity index (χ2v) is 9.26. The van der Waals surface area contributed by atoms with Crippen molar-refractivity contribution in [3.63, 3.8) is 0 Å². The van der Waals surface area contributed by atoms with Gasteiger partial charge in [-0.2, -0.15) is 0 Å². The Hall–Kier alpha value is -2.32. The largest absolute Gasteiger partial charge is 0.452 e. The fourth-order valence-electron chi connectivity index (χ4n) is 2.33. The number of hydrogen-bond donors (Lipinski definition) is 1. The molecule has 150 valence electrons. The minimum absolute atomic E-state index is 0.0589. The Kier molecular flexibility index (Phi) is 8.53. The van der Waals surface area contributed by atoms with Gasteiger partial charge in [-0.05, 0) is 36.4 Å². The molecule has 2 aromatic carbocycles. The van der Waals surface area contributed by atoms with E-state index in [0.717, 1.165) is 12.2 Å². The van der Waals surface area contributed by atoms with Gasteiger partial charge in [-0.1, -0.05) is 37.3 Å². The van der Waals surface area contributed by atoms with E-state index in [0.29, 0.717) is 6.54 Å². The van der Waals surface area contributed by atoms with Gasteiger partial charge in [-0.15, -0.1) is 11.8 Å². The highest BCUT2D eigenvalue weighted by Crippen LogP contribution is 2.18. The molecule has 2 aromatic rings. The standard InChI is InChI=1S/C20H23NO5S2/c1-2-28(24,25)18-12-7-6-11-17(18)20(23)26-15-19(22)21-13-8-14-27-16-9-4-3-5-10-16/h3-7,9-12H,2,8,13-15H2,1H3,(H,21,22). The third kappa shape index (κ3) is 6.69. The lowest BCUT2D eigenvalue weighted by Gasteiger charge is -2.10. The molecule has 0 atom stereocenters. The molecule has 1 N–H and O–H groups in total. The van der Waals surface area contributed by atoms with Gasteiger partial charge in [-0.25, -0.2) is 13.2 Å². The normalized spacial score (nSPS) is 11.0. The number of rotatable bonds is 10. The van der Waals surface area contributed by atoms with Crippen molar-refractivity contribution in [1.82, 2.24) is 5.32 Å². The maximum atomic E-state index is 12.2. The second-order valence-electron chi connectivity index (χ2n) is 5.84. The Morgan fingerprint density at radius 2 is 1.71 bits per heavy atom.